The molecule has 1 unspecified atom stereocenters. The molecular weight excluding hydrogens is 262 g/mol. The molecule has 0 bridgehead atoms. The van der Waals surface area contributed by atoms with E-state index in [0.717, 1.165) is 16.5 Å². The molecule has 0 spiro atoms. The van der Waals surface area contributed by atoms with Crippen LogP contribution >= 0.6 is 0 Å². The van der Waals surface area contributed by atoms with E-state index in [1.807, 2.05) is 64.1 Å². The zero-order chi connectivity index (χ0) is 15.5. The molecule has 0 aliphatic rings. The van der Waals surface area contributed by atoms with Gasteiger partial charge in [0.1, 0.15) is 5.75 Å². The standard InChI is InChI=1S/C18H23NO2/c1-5-16(17(20)19-18(2,3)4)21-15-11-10-13-8-6-7-9-14(13)12-15/h6-12,16H,5H2,1-4H3,(H,19,20). The highest BCUT2D eigenvalue weighted by atomic mass is 16.5. The average Bonchev–Trinajstić information content (AvgIpc) is 2.42. The summed E-state index contributed by atoms with van der Waals surface area (Å²) < 4.78 is 5.87. The van der Waals surface area contributed by atoms with E-state index in [-0.39, 0.29) is 11.4 Å². The van der Waals surface area contributed by atoms with Gasteiger partial charge in [-0.1, -0.05) is 37.3 Å². The van der Waals surface area contributed by atoms with Crippen molar-refractivity contribution in [2.75, 3.05) is 0 Å². The van der Waals surface area contributed by atoms with Crippen LogP contribution in [0.4, 0.5) is 0 Å². The number of nitrogens with one attached hydrogen (secondary N) is 1. The van der Waals surface area contributed by atoms with Gasteiger partial charge < -0.3 is 10.1 Å². The molecule has 3 nitrogen and oxygen atoms in total. The van der Waals surface area contributed by atoms with E-state index in [0.29, 0.717) is 6.42 Å². The second-order valence-electron chi connectivity index (χ2n) is 6.26. The van der Waals surface area contributed by atoms with Gasteiger partial charge in [-0.05, 0) is 50.1 Å². The van der Waals surface area contributed by atoms with Gasteiger partial charge in [0.25, 0.3) is 5.91 Å². The first-order valence-electron chi connectivity index (χ1n) is 7.36. The normalized spacial score (nSPS) is 13.0. The van der Waals surface area contributed by atoms with Gasteiger partial charge in [0.2, 0.25) is 0 Å². The highest BCUT2D eigenvalue weighted by Gasteiger charge is 2.23. The molecule has 0 fully saturated rings. The fourth-order valence-corrected chi connectivity index (χ4v) is 2.18. The maximum Gasteiger partial charge on any atom is 0.261 e. The van der Waals surface area contributed by atoms with Crippen LogP contribution in [-0.4, -0.2) is 17.6 Å². The van der Waals surface area contributed by atoms with Crippen molar-refractivity contribution in [1.82, 2.24) is 5.32 Å². The van der Waals surface area contributed by atoms with Gasteiger partial charge >= 0.3 is 0 Å². The Morgan fingerprint density at radius 1 is 1.14 bits per heavy atom. The van der Waals surface area contributed by atoms with Crippen molar-refractivity contribution in [3.63, 3.8) is 0 Å². The molecule has 2 rings (SSSR count). The van der Waals surface area contributed by atoms with E-state index < -0.39 is 6.10 Å². The molecule has 2 aromatic rings. The third kappa shape index (κ3) is 4.22. The van der Waals surface area contributed by atoms with Crippen molar-refractivity contribution < 1.29 is 9.53 Å². The number of benzene rings is 2. The Kier molecular flexibility index (Phi) is 4.51. The molecule has 112 valence electrons. The van der Waals surface area contributed by atoms with Gasteiger partial charge in [0, 0.05) is 5.54 Å². The Labute approximate surface area is 126 Å². The summed E-state index contributed by atoms with van der Waals surface area (Å²) >= 11 is 0. The zero-order valence-corrected chi connectivity index (χ0v) is 13.1. The monoisotopic (exact) mass is 285 g/mol. The molecule has 0 heterocycles. The molecule has 0 saturated carbocycles. The number of amides is 1. The molecule has 0 aliphatic carbocycles. The van der Waals surface area contributed by atoms with Crippen molar-refractivity contribution in [1.29, 1.82) is 0 Å². The smallest absolute Gasteiger partial charge is 0.261 e. The van der Waals surface area contributed by atoms with E-state index in [9.17, 15) is 4.79 Å². The number of rotatable bonds is 4. The second-order valence-corrected chi connectivity index (χ2v) is 6.26. The lowest BCUT2D eigenvalue weighted by Gasteiger charge is -2.25. The fourth-order valence-electron chi connectivity index (χ4n) is 2.18. The predicted octanol–water partition coefficient (Wildman–Crippen LogP) is 3.91. The number of ether oxygens (including phenoxy) is 1. The Morgan fingerprint density at radius 3 is 2.43 bits per heavy atom. The molecule has 3 heteroatoms. The summed E-state index contributed by atoms with van der Waals surface area (Å²) in [7, 11) is 0. The summed E-state index contributed by atoms with van der Waals surface area (Å²) in [6.45, 7) is 7.85. The topological polar surface area (TPSA) is 38.3 Å². The van der Waals surface area contributed by atoms with E-state index >= 15 is 0 Å². The molecule has 1 amide bonds. The van der Waals surface area contributed by atoms with Gasteiger partial charge in [0.05, 0.1) is 0 Å². The minimum atomic E-state index is -0.467. The summed E-state index contributed by atoms with van der Waals surface area (Å²) in [5.74, 6) is 0.655. The quantitative estimate of drug-likeness (QED) is 0.925. The number of carbonyl (C=O) groups excluding carboxylic acids is 1. The van der Waals surface area contributed by atoms with Crippen LogP contribution in [0.2, 0.25) is 0 Å². The molecule has 0 aliphatic heterocycles. The molecule has 1 atom stereocenters. The lowest BCUT2D eigenvalue weighted by molar-refractivity contribution is -0.129. The number of hydrogen-bond acceptors (Lipinski definition) is 2. The Balaban J connectivity index is 2.14. The number of hydrogen-bond donors (Lipinski definition) is 1. The van der Waals surface area contributed by atoms with Crippen LogP contribution in [0.15, 0.2) is 42.5 Å². The average molecular weight is 285 g/mol. The predicted molar refractivity (Wildman–Crippen MR) is 86.6 cm³/mol. The third-order valence-corrected chi connectivity index (χ3v) is 3.16. The third-order valence-electron chi connectivity index (χ3n) is 3.16. The van der Waals surface area contributed by atoms with Gasteiger partial charge in [-0.3, -0.25) is 4.79 Å². The molecule has 1 N–H and O–H groups in total. The highest BCUT2D eigenvalue weighted by Crippen LogP contribution is 2.22. The molecular formula is C18H23NO2. The number of carbonyl (C=O) groups is 1. The van der Waals surface area contributed by atoms with E-state index in [2.05, 4.69) is 11.4 Å². The summed E-state index contributed by atoms with van der Waals surface area (Å²) in [5, 5.41) is 5.24. The second kappa shape index (κ2) is 6.17. The van der Waals surface area contributed by atoms with Crippen molar-refractivity contribution >= 4 is 16.7 Å². The van der Waals surface area contributed by atoms with Crippen molar-refractivity contribution in [3.8, 4) is 5.75 Å². The molecule has 21 heavy (non-hydrogen) atoms. The molecule has 0 aromatic heterocycles. The lowest BCUT2D eigenvalue weighted by atomic mass is 10.1. The van der Waals surface area contributed by atoms with Crippen LogP contribution in [0.25, 0.3) is 10.8 Å². The molecule has 0 radical (unpaired) electrons. The molecule has 0 saturated heterocycles. The van der Waals surface area contributed by atoms with Crippen molar-refractivity contribution in [3.05, 3.63) is 42.5 Å². The lowest BCUT2D eigenvalue weighted by Crippen LogP contribution is -2.47. The number of fused-ring (bicyclic) bond motifs is 1. The first-order valence-corrected chi connectivity index (χ1v) is 7.36. The first kappa shape index (κ1) is 15.4. The van der Waals surface area contributed by atoms with E-state index in [1.165, 1.54) is 0 Å². The maximum atomic E-state index is 12.2. The van der Waals surface area contributed by atoms with Crippen molar-refractivity contribution in [2.24, 2.45) is 0 Å². The Bertz CT molecular complexity index is 628. The SMILES string of the molecule is CCC(Oc1ccc2ccccc2c1)C(=O)NC(C)(C)C. The summed E-state index contributed by atoms with van der Waals surface area (Å²) in [5.41, 5.74) is -0.253. The van der Waals surface area contributed by atoms with E-state index in [4.69, 9.17) is 4.74 Å². The molecule has 2 aromatic carbocycles. The van der Waals surface area contributed by atoms with Gasteiger partial charge in [-0.2, -0.15) is 0 Å². The van der Waals surface area contributed by atoms with Crippen LogP contribution in [0, 0.1) is 0 Å². The Hall–Kier alpha value is -2.03. The summed E-state index contributed by atoms with van der Waals surface area (Å²) in [4.78, 5) is 12.2. The minimum Gasteiger partial charge on any atom is -0.481 e. The van der Waals surface area contributed by atoms with Gasteiger partial charge in [-0.25, -0.2) is 0 Å². The summed E-state index contributed by atoms with van der Waals surface area (Å²) in [6, 6.07) is 14.0. The highest BCUT2D eigenvalue weighted by molar-refractivity contribution is 5.84. The van der Waals surface area contributed by atoms with Crippen molar-refractivity contribution in [2.45, 2.75) is 45.8 Å². The van der Waals surface area contributed by atoms with Gasteiger partial charge in [-0.15, -0.1) is 0 Å². The largest absolute Gasteiger partial charge is 0.481 e. The minimum absolute atomic E-state index is 0.0711. The summed E-state index contributed by atoms with van der Waals surface area (Å²) in [6.07, 6.45) is 0.166. The Morgan fingerprint density at radius 2 is 1.81 bits per heavy atom. The van der Waals surface area contributed by atoms with E-state index in [1.54, 1.807) is 0 Å². The zero-order valence-electron chi connectivity index (χ0n) is 13.1. The first-order chi connectivity index (χ1) is 9.89. The van der Waals surface area contributed by atoms with Gasteiger partial charge in [0.15, 0.2) is 6.10 Å². The van der Waals surface area contributed by atoms with Crippen LogP contribution in [-0.2, 0) is 4.79 Å². The van der Waals surface area contributed by atoms with Crippen LogP contribution in [0.1, 0.15) is 34.1 Å². The van der Waals surface area contributed by atoms with Crippen LogP contribution in [0.3, 0.4) is 0 Å². The fraction of sp³-hybridized carbons (Fsp3) is 0.389. The maximum absolute atomic E-state index is 12.2. The van der Waals surface area contributed by atoms with Crippen LogP contribution < -0.4 is 10.1 Å². The van der Waals surface area contributed by atoms with Crippen LogP contribution in [0.5, 0.6) is 5.75 Å².